The van der Waals surface area contributed by atoms with E-state index in [4.69, 9.17) is 9.47 Å². The van der Waals surface area contributed by atoms with Crippen molar-refractivity contribution in [1.29, 1.82) is 0 Å². The molecule has 1 aromatic heterocycles. The maximum Gasteiger partial charge on any atom is 0.339 e. The van der Waals surface area contributed by atoms with Crippen molar-refractivity contribution < 1.29 is 19.1 Å². The van der Waals surface area contributed by atoms with Crippen LogP contribution in [0, 0.1) is 6.92 Å². The highest BCUT2D eigenvalue weighted by Crippen LogP contribution is 2.18. The molecule has 1 N–H and O–H groups in total. The molecule has 2 rings (SSSR count). The van der Waals surface area contributed by atoms with Crippen LogP contribution in [0.5, 0.6) is 0 Å². The molecule has 0 bridgehead atoms. The quantitative estimate of drug-likeness (QED) is 0.646. The zero-order valence-electron chi connectivity index (χ0n) is 12.6. The van der Waals surface area contributed by atoms with E-state index in [9.17, 15) is 9.59 Å². The molecule has 1 heterocycles. The second-order valence-corrected chi connectivity index (χ2v) is 4.75. The summed E-state index contributed by atoms with van der Waals surface area (Å²) in [7, 11) is 1.54. The number of esters is 1. The molecule has 0 unspecified atom stereocenters. The molecule has 1 aromatic carbocycles. The average molecular weight is 302 g/mol. The van der Waals surface area contributed by atoms with E-state index in [0.29, 0.717) is 24.1 Å². The van der Waals surface area contributed by atoms with Gasteiger partial charge in [-0.1, -0.05) is 18.2 Å². The van der Waals surface area contributed by atoms with Gasteiger partial charge in [0.05, 0.1) is 17.7 Å². The number of methoxy groups -OCH3 is 1. The lowest BCUT2D eigenvalue weighted by Gasteiger charge is -2.09. The largest absolute Gasteiger partial charge is 0.452 e. The van der Waals surface area contributed by atoms with Crippen molar-refractivity contribution in [2.24, 2.45) is 0 Å². The first-order chi connectivity index (χ1) is 10.6. The number of para-hydroxylation sites is 1. The molecule has 0 aliphatic rings. The maximum atomic E-state index is 12.2. The molecule has 0 fully saturated rings. The number of amides is 1. The van der Waals surface area contributed by atoms with E-state index < -0.39 is 5.97 Å². The van der Waals surface area contributed by atoms with Crippen LogP contribution in [0.1, 0.15) is 16.1 Å². The van der Waals surface area contributed by atoms with Gasteiger partial charge in [-0.2, -0.15) is 0 Å². The molecule has 0 aliphatic carbocycles. The van der Waals surface area contributed by atoms with E-state index in [1.807, 2.05) is 18.2 Å². The minimum absolute atomic E-state index is 0.321. The van der Waals surface area contributed by atoms with Crippen molar-refractivity contribution in [3.8, 4) is 0 Å². The first-order valence-corrected chi connectivity index (χ1v) is 6.91. The Bertz CT molecular complexity index is 685. The predicted octanol–water partition coefficient (Wildman–Crippen LogP) is 1.46. The van der Waals surface area contributed by atoms with E-state index in [2.05, 4.69) is 10.3 Å². The van der Waals surface area contributed by atoms with Gasteiger partial charge in [-0.15, -0.1) is 0 Å². The molecule has 22 heavy (non-hydrogen) atoms. The topological polar surface area (TPSA) is 77.5 Å². The number of carbonyl (C=O) groups is 2. The number of benzene rings is 1. The first kappa shape index (κ1) is 15.9. The molecule has 0 spiro atoms. The molecule has 0 saturated heterocycles. The molecule has 0 saturated carbocycles. The van der Waals surface area contributed by atoms with Gasteiger partial charge in [0.2, 0.25) is 0 Å². The lowest BCUT2D eigenvalue weighted by molar-refractivity contribution is -0.124. The van der Waals surface area contributed by atoms with Crippen molar-refractivity contribution in [3.05, 3.63) is 41.6 Å². The Morgan fingerprint density at radius 2 is 2.05 bits per heavy atom. The van der Waals surface area contributed by atoms with Gasteiger partial charge in [0.1, 0.15) is 0 Å². The highest BCUT2D eigenvalue weighted by Gasteiger charge is 2.14. The van der Waals surface area contributed by atoms with Gasteiger partial charge >= 0.3 is 5.97 Å². The Labute approximate surface area is 128 Å². The number of rotatable bonds is 6. The highest BCUT2D eigenvalue weighted by molar-refractivity contribution is 6.04. The summed E-state index contributed by atoms with van der Waals surface area (Å²) in [5.41, 5.74) is 1.85. The third kappa shape index (κ3) is 4.02. The average Bonchev–Trinajstić information content (AvgIpc) is 2.52. The van der Waals surface area contributed by atoms with Crippen LogP contribution in [-0.2, 0) is 14.3 Å². The summed E-state index contributed by atoms with van der Waals surface area (Å²) in [6, 6.07) is 8.97. The van der Waals surface area contributed by atoms with Crippen LogP contribution in [0.15, 0.2) is 30.3 Å². The van der Waals surface area contributed by atoms with Gasteiger partial charge in [-0.3, -0.25) is 9.78 Å². The van der Waals surface area contributed by atoms with Crippen molar-refractivity contribution in [3.63, 3.8) is 0 Å². The third-order valence-corrected chi connectivity index (χ3v) is 3.03. The van der Waals surface area contributed by atoms with Gasteiger partial charge in [0, 0.05) is 24.7 Å². The third-order valence-electron chi connectivity index (χ3n) is 3.03. The second kappa shape index (κ2) is 7.51. The Morgan fingerprint density at radius 1 is 1.27 bits per heavy atom. The van der Waals surface area contributed by atoms with Gasteiger partial charge in [0.15, 0.2) is 6.61 Å². The van der Waals surface area contributed by atoms with Crippen LogP contribution in [0.3, 0.4) is 0 Å². The van der Waals surface area contributed by atoms with Crippen LogP contribution < -0.4 is 5.32 Å². The minimum Gasteiger partial charge on any atom is -0.452 e. The number of aryl methyl sites for hydroxylation is 1. The summed E-state index contributed by atoms with van der Waals surface area (Å²) >= 11 is 0. The molecule has 6 nitrogen and oxygen atoms in total. The molecular weight excluding hydrogens is 284 g/mol. The number of hydrogen-bond donors (Lipinski definition) is 1. The number of aromatic nitrogens is 1. The minimum atomic E-state index is -0.538. The summed E-state index contributed by atoms with van der Waals surface area (Å²) in [6.45, 7) is 2.27. The lowest BCUT2D eigenvalue weighted by Crippen LogP contribution is -2.31. The zero-order valence-corrected chi connectivity index (χ0v) is 12.6. The summed E-state index contributed by atoms with van der Waals surface area (Å²) < 4.78 is 9.88. The van der Waals surface area contributed by atoms with Gasteiger partial charge in [0.25, 0.3) is 5.91 Å². The fourth-order valence-electron chi connectivity index (χ4n) is 2.03. The Kier molecular flexibility index (Phi) is 5.43. The Balaban J connectivity index is 2.05. The van der Waals surface area contributed by atoms with Crippen LogP contribution in [0.25, 0.3) is 10.9 Å². The molecule has 116 valence electrons. The van der Waals surface area contributed by atoms with Gasteiger partial charge in [-0.25, -0.2) is 4.79 Å². The fraction of sp³-hybridized carbons (Fsp3) is 0.312. The number of nitrogens with zero attached hydrogens (tertiary/aromatic N) is 1. The Morgan fingerprint density at radius 3 is 2.82 bits per heavy atom. The molecular formula is C16H18N2O4. The SMILES string of the molecule is COCCNC(=O)COC(=O)c1cc(C)nc2ccccc12. The van der Waals surface area contributed by atoms with Crippen LogP contribution >= 0.6 is 0 Å². The van der Waals surface area contributed by atoms with E-state index in [1.165, 1.54) is 0 Å². The number of pyridine rings is 1. The number of carbonyl (C=O) groups excluding carboxylic acids is 2. The van der Waals surface area contributed by atoms with Gasteiger partial charge in [-0.05, 0) is 19.1 Å². The van der Waals surface area contributed by atoms with E-state index >= 15 is 0 Å². The second-order valence-electron chi connectivity index (χ2n) is 4.75. The monoisotopic (exact) mass is 302 g/mol. The van der Waals surface area contributed by atoms with Crippen molar-refractivity contribution in [2.75, 3.05) is 26.9 Å². The fourth-order valence-corrected chi connectivity index (χ4v) is 2.03. The van der Waals surface area contributed by atoms with Crippen molar-refractivity contribution >= 4 is 22.8 Å². The summed E-state index contributed by atoms with van der Waals surface area (Å²) in [5.74, 6) is -0.899. The van der Waals surface area contributed by atoms with Crippen LogP contribution in [0.2, 0.25) is 0 Å². The summed E-state index contributed by atoms with van der Waals surface area (Å²) in [5, 5.41) is 3.29. The summed E-state index contributed by atoms with van der Waals surface area (Å²) in [6.07, 6.45) is 0. The van der Waals surface area contributed by atoms with Crippen molar-refractivity contribution in [2.45, 2.75) is 6.92 Å². The highest BCUT2D eigenvalue weighted by atomic mass is 16.5. The van der Waals surface area contributed by atoms with Crippen LogP contribution in [-0.4, -0.2) is 43.7 Å². The van der Waals surface area contributed by atoms with Crippen LogP contribution in [0.4, 0.5) is 0 Å². The van der Waals surface area contributed by atoms with Gasteiger partial charge < -0.3 is 14.8 Å². The predicted molar refractivity (Wildman–Crippen MR) is 81.6 cm³/mol. The molecule has 0 aliphatic heterocycles. The number of hydrogen-bond acceptors (Lipinski definition) is 5. The zero-order chi connectivity index (χ0) is 15.9. The van der Waals surface area contributed by atoms with E-state index in [-0.39, 0.29) is 12.5 Å². The maximum absolute atomic E-state index is 12.2. The molecule has 2 aromatic rings. The van der Waals surface area contributed by atoms with E-state index in [1.54, 1.807) is 26.2 Å². The lowest BCUT2D eigenvalue weighted by atomic mass is 10.1. The smallest absolute Gasteiger partial charge is 0.339 e. The first-order valence-electron chi connectivity index (χ1n) is 6.91. The normalized spacial score (nSPS) is 10.5. The molecule has 0 atom stereocenters. The standard InChI is InChI=1S/C16H18N2O4/c1-11-9-13(12-5-3-4-6-14(12)18-11)16(20)22-10-15(19)17-7-8-21-2/h3-6,9H,7-8,10H2,1-2H3,(H,17,19). The number of fused-ring (bicyclic) bond motifs is 1. The summed E-state index contributed by atoms with van der Waals surface area (Å²) in [4.78, 5) is 28.1. The molecule has 0 radical (unpaired) electrons. The molecule has 6 heteroatoms. The van der Waals surface area contributed by atoms with Crippen molar-refractivity contribution in [1.82, 2.24) is 10.3 Å². The van der Waals surface area contributed by atoms with E-state index in [0.717, 1.165) is 11.2 Å². The molecule has 1 amide bonds. The Hall–Kier alpha value is -2.47. The number of nitrogens with one attached hydrogen (secondary N) is 1. The number of ether oxygens (including phenoxy) is 2.